The minimum Gasteiger partial charge on any atom is -0.480 e. The average molecular weight is 290 g/mol. The summed E-state index contributed by atoms with van der Waals surface area (Å²) in [5.74, 6) is -0.937. The molecule has 114 valence electrons. The van der Waals surface area contributed by atoms with Gasteiger partial charge >= 0.3 is 12.0 Å². The van der Waals surface area contributed by atoms with E-state index in [4.69, 9.17) is 0 Å². The van der Waals surface area contributed by atoms with Crippen molar-refractivity contribution in [3.8, 4) is 0 Å². The van der Waals surface area contributed by atoms with Gasteiger partial charge in [0.1, 0.15) is 5.54 Å². The number of amides is 2. The predicted octanol–water partition coefficient (Wildman–Crippen LogP) is 2.53. The Hall–Kier alpha value is -2.04. The summed E-state index contributed by atoms with van der Waals surface area (Å²) in [6, 6.07) is 7.59. The molecule has 2 rings (SSSR count). The number of hydrogen-bond donors (Lipinski definition) is 2. The highest BCUT2D eigenvalue weighted by atomic mass is 16.4. The molecule has 1 aliphatic rings. The van der Waals surface area contributed by atoms with Crippen LogP contribution in [-0.4, -0.2) is 34.1 Å². The van der Waals surface area contributed by atoms with E-state index in [1.165, 1.54) is 4.90 Å². The molecule has 1 fully saturated rings. The third-order valence-corrected chi connectivity index (χ3v) is 4.12. The Morgan fingerprint density at radius 3 is 2.81 bits per heavy atom. The van der Waals surface area contributed by atoms with Crippen LogP contribution < -0.4 is 5.32 Å². The summed E-state index contributed by atoms with van der Waals surface area (Å²) in [6.45, 7) is 4.52. The first-order valence-electron chi connectivity index (χ1n) is 7.28. The van der Waals surface area contributed by atoms with Crippen LogP contribution >= 0.6 is 0 Å². The number of hydrogen-bond acceptors (Lipinski definition) is 2. The molecule has 0 aliphatic carbocycles. The van der Waals surface area contributed by atoms with Crippen molar-refractivity contribution >= 4 is 12.0 Å². The van der Waals surface area contributed by atoms with E-state index in [9.17, 15) is 14.7 Å². The summed E-state index contributed by atoms with van der Waals surface area (Å²) in [5.41, 5.74) is 1.04. The minimum absolute atomic E-state index is 0.305. The van der Waals surface area contributed by atoms with E-state index >= 15 is 0 Å². The van der Waals surface area contributed by atoms with Crippen LogP contribution in [0.2, 0.25) is 0 Å². The summed E-state index contributed by atoms with van der Waals surface area (Å²) in [5, 5.41) is 12.2. The van der Waals surface area contributed by atoms with Crippen molar-refractivity contribution in [1.82, 2.24) is 10.2 Å². The topological polar surface area (TPSA) is 69.6 Å². The molecule has 2 N–H and O–H groups in total. The number of benzene rings is 1. The Morgan fingerprint density at radius 2 is 2.14 bits per heavy atom. The zero-order valence-corrected chi connectivity index (χ0v) is 12.6. The summed E-state index contributed by atoms with van der Waals surface area (Å²) in [6.07, 6.45) is 2.19. The first-order valence-corrected chi connectivity index (χ1v) is 7.28. The lowest BCUT2D eigenvalue weighted by Gasteiger charge is -2.41. The molecule has 1 atom stereocenters. The minimum atomic E-state index is -1.10. The van der Waals surface area contributed by atoms with Crippen molar-refractivity contribution in [1.29, 1.82) is 0 Å². The third kappa shape index (κ3) is 3.35. The number of nitrogens with zero attached hydrogens (tertiary/aromatic N) is 1. The molecule has 0 radical (unpaired) electrons. The standard InChI is InChI=1S/C16H22N2O3/c1-12-6-5-7-13(10-12)11-17-15(21)18-9-4-3-8-16(18,2)14(19)20/h5-7,10H,3-4,8-9,11H2,1-2H3,(H,17,21)(H,19,20). The van der Waals surface area contributed by atoms with Crippen molar-refractivity contribution in [2.75, 3.05) is 6.54 Å². The van der Waals surface area contributed by atoms with E-state index in [1.807, 2.05) is 31.2 Å². The van der Waals surface area contributed by atoms with E-state index in [-0.39, 0.29) is 6.03 Å². The van der Waals surface area contributed by atoms with Gasteiger partial charge in [-0.3, -0.25) is 0 Å². The maximum absolute atomic E-state index is 12.3. The van der Waals surface area contributed by atoms with Gasteiger partial charge in [0.25, 0.3) is 0 Å². The van der Waals surface area contributed by atoms with Crippen molar-refractivity contribution in [3.63, 3.8) is 0 Å². The zero-order chi connectivity index (χ0) is 15.5. The molecular formula is C16H22N2O3. The second-order valence-electron chi connectivity index (χ2n) is 5.84. The molecule has 2 amide bonds. The molecule has 1 saturated heterocycles. The Balaban J connectivity index is 2.03. The quantitative estimate of drug-likeness (QED) is 0.898. The van der Waals surface area contributed by atoms with Crippen LogP contribution in [-0.2, 0) is 11.3 Å². The van der Waals surface area contributed by atoms with Gasteiger partial charge in [0.05, 0.1) is 0 Å². The fourth-order valence-corrected chi connectivity index (χ4v) is 2.76. The molecule has 0 spiro atoms. The number of carbonyl (C=O) groups is 2. The number of carboxylic acid groups (broad SMARTS) is 1. The molecule has 0 bridgehead atoms. The molecule has 1 aromatic carbocycles. The lowest BCUT2D eigenvalue weighted by molar-refractivity contribution is -0.150. The SMILES string of the molecule is Cc1cccc(CNC(=O)N2CCCCC2(C)C(=O)O)c1. The highest BCUT2D eigenvalue weighted by molar-refractivity contribution is 5.86. The second-order valence-corrected chi connectivity index (χ2v) is 5.84. The zero-order valence-electron chi connectivity index (χ0n) is 12.6. The van der Waals surface area contributed by atoms with Gasteiger partial charge in [-0.05, 0) is 38.7 Å². The average Bonchev–Trinajstić information content (AvgIpc) is 2.45. The van der Waals surface area contributed by atoms with Crippen molar-refractivity contribution in [2.45, 2.75) is 45.2 Å². The van der Waals surface area contributed by atoms with Gasteiger partial charge in [-0.1, -0.05) is 29.8 Å². The first kappa shape index (κ1) is 15.4. The van der Waals surface area contributed by atoms with Crippen molar-refractivity contribution < 1.29 is 14.7 Å². The largest absolute Gasteiger partial charge is 0.480 e. The first-order chi connectivity index (χ1) is 9.93. The van der Waals surface area contributed by atoms with E-state index in [0.717, 1.165) is 24.0 Å². The Kier molecular flexibility index (Phi) is 4.50. The third-order valence-electron chi connectivity index (χ3n) is 4.12. The molecule has 5 heteroatoms. The van der Waals surface area contributed by atoms with Crippen molar-refractivity contribution in [2.24, 2.45) is 0 Å². The second kappa shape index (κ2) is 6.16. The van der Waals surface area contributed by atoms with Crippen LogP contribution in [0.25, 0.3) is 0 Å². The number of piperidine rings is 1. The lowest BCUT2D eigenvalue weighted by atomic mass is 9.89. The number of carbonyl (C=O) groups excluding carboxylic acids is 1. The summed E-state index contributed by atoms with van der Waals surface area (Å²) >= 11 is 0. The molecule has 1 aliphatic heterocycles. The molecular weight excluding hydrogens is 268 g/mol. The number of aliphatic carboxylic acids is 1. The summed E-state index contributed by atoms with van der Waals surface area (Å²) in [7, 11) is 0. The van der Waals surface area contributed by atoms with Gasteiger partial charge < -0.3 is 15.3 Å². The Bertz CT molecular complexity index is 544. The number of aryl methyl sites for hydroxylation is 1. The number of carboxylic acids is 1. The monoisotopic (exact) mass is 290 g/mol. The number of rotatable bonds is 3. The summed E-state index contributed by atoms with van der Waals surface area (Å²) < 4.78 is 0. The van der Waals surface area contributed by atoms with Gasteiger partial charge in [-0.2, -0.15) is 0 Å². The van der Waals surface area contributed by atoms with Crippen LogP contribution in [0.3, 0.4) is 0 Å². The molecule has 1 unspecified atom stereocenters. The fraction of sp³-hybridized carbons (Fsp3) is 0.500. The maximum Gasteiger partial charge on any atom is 0.329 e. The predicted molar refractivity (Wildman–Crippen MR) is 80.0 cm³/mol. The lowest BCUT2D eigenvalue weighted by Crippen LogP contribution is -2.59. The number of likely N-dealkylation sites (tertiary alicyclic amines) is 1. The van der Waals surface area contributed by atoms with Gasteiger partial charge in [-0.15, -0.1) is 0 Å². The van der Waals surface area contributed by atoms with E-state index in [1.54, 1.807) is 6.92 Å². The van der Waals surface area contributed by atoms with E-state index in [0.29, 0.717) is 19.5 Å². The van der Waals surface area contributed by atoms with Crippen LogP contribution in [0.5, 0.6) is 0 Å². The smallest absolute Gasteiger partial charge is 0.329 e. The molecule has 1 heterocycles. The van der Waals surface area contributed by atoms with Gasteiger partial charge in [0.15, 0.2) is 0 Å². The molecule has 1 aromatic rings. The fourth-order valence-electron chi connectivity index (χ4n) is 2.76. The Morgan fingerprint density at radius 1 is 1.38 bits per heavy atom. The van der Waals surface area contributed by atoms with Gasteiger partial charge in [0, 0.05) is 13.1 Å². The number of urea groups is 1. The normalized spacial score (nSPS) is 21.9. The Labute approximate surface area is 125 Å². The molecule has 0 aromatic heterocycles. The number of nitrogens with one attached hydrogen (secondary N) is 1. The van der Waals surface area contributed by atoms with Crippen molar-refractivity contribution in [3.05, 3.63) is 35.4 Å². The van der Waals surface area contributed by atoms with Crippen LogP contribution in [0, 0.1) is 6.92 Å². The highest BCUT2D eigenvalue weighted by Crippen LogP contribution is 2.28. The molecule has 21 heavy (non-hydrogen) atoms. The van der Waals surface area contributed by atoms with E-state index < -0.39 is 11.5 Å². The van der Waals surface area contributed by atoms with E-state index in [2.05, 4.69) is 5.32 Å². The van der Waals surface area contributed by atoms with Crippen LogP contribution in [0.4, 0.5) is 4.79 Å². The summed E-state index contributed by atoms with van der Waals surface area (Å²) in [4.78, 5) is 25.3. The van der Waals surface area contributed by atoms with Crippen LogP contribution in [0.1, 0.15) is 37.3 Å². The van der Waals surface area contributed by atoms with Gasteiger partial charge in [0.2, 0.25) is 0 Å². The molecule has 5 nitrogen and oxygen atoms in total. The highest BCUT2D eigenvalue weighted by Gasteiger charge is 2.43. The maximum atomic E-state index is 12.3. The van der Waals surface area contributed by atoms with Crippen LogP contribution in [0.15, 0.2) is 24.3 Å². The molecule has 0 saturated carbocycles. The van der Waals surface area contributed by atoms with Gasteiger partial charge in [-0.25, -0.2) is 9.59 Å².